The van der Waals surface area contributed by atoms with Gasteiger partial charge in [-0.1, -0.05) is 50.6 Å². The molecule has 0 aliphatic heterocycles. The molecule has 2 aromatic rings. The monoisotopic (exact) mass is 522 g/mol. The van der Waals surface area contributed by atoms with Crippen molar-refractivity contribution in [3.63, 3.8) is 0 Å². The van der Waals surface area contributed by atoms with Gasteiger partial charge in [-0.2, -0.15) is 0 Å². The van der Waals surface area contributed by atoms with E-state index in [9.17, 15) is 9.59 Å². The largest absolute Gasteiger partial charge is 0.483 e. The minimum Gasteiger partial charge on any atom is -0.483 e. The van der Waals surface area contributed by atoms with Crippen LogP contribution in [0, 0.1) is 0 Å². The van der Waals surface area contributed by atoms with Gasteiger partial charge in [0.15, 0.2) is 6.61 Å². The van der Waals surface area contributed by atoms with Gasteiger partial charge >= 0.3 is 0 Å². The van der Waals surface area contributed by atoms with Crippen LogP contribution in [-0.4, -0.2) is 35.4 Å². The highest BCUT2D eigenvalue weighted by molar-refractivity contribution is 9.10. The van der Waals surface area contributed by atoms with Gasteiger partial charge in [0.25, 0.3) is 5.91 Å². The fraction of sp³-hybridized carbons (Fsp3) is 0.440. The van der Waals surface area contributed by atoms with E-state index in [-0.39, 0.29) is 31.0 Å². The molecule has 2 rings (SSSR count). The Bertz CT molecular complexity index is 918. The van der Waals surface area contributed by atoms with E-state index in [4.69, 9.17) is 16.3 Å². The van der Waals surface area contributed by atoms with Gasteiger partial charge in [0.05, 0.1) is 4.47 Å². The number of hydrogen-bond donors (Lipinski definition) is 1. The Balaban J connectivity index is 2.17. The summed E-state index contributed by atoms with van der Waals surface area (Å²) >= 11 is 9.51. The topological polar surface area (TPSA) is 58.6 Å². The van der Waals surface area contributed by atoms with Crippen LogP contribution in [0.3, 0.4) is 0 Å². The van der Waals surface area contributed by atoms with Crippen LogP contribution < -0.4 is 10.1 Å². The summed E-state index contributed by atoms with van der Waals surface area (Å²) in [6, 6.07) is 12.5. The second kappa shape index (κ2) is 12.3. The smallest absolute Gasteiger partial charge is 0.261 e. The number of rotatable bonds is 10. The molecule has 0 aromatic heterocycles. The second-order valence-electron chi connectivity index (χ2n) is 8.28. The van der Waals surface area contributed by atoms with Crippen LogP contribution in [0.25, 0.3) is 0 Å². The molecular formula is C25H32BrClN2O3. The van der Waals surface area contributed by atoms with Gasteiger partial charge in [0.2, 0.25) is 5.91 Å². The van der Waals surface area contributed by atoms with Crippen LogP contribution in [0.15, 0.2) is 46.9 Å². The van der Waals surface area contributed by atoms with Crippen molar-refractivity contribution < 1.29 is 14.3 Å². The molecule has 0 fully saturated rings. The molecule has 2 aromatic carbocycles. The van der Waals surface area contributed by atoms with Gasteiger partial charge < -0.3 is 15.0 Å². The summed E-state index contributed by atoms with van der Waals surface area (Å²) in [4.78, 5) is 27.5. The maximum absolute atomic E-state index is 13.2. The van der Waals surface area contributed by atoms with Crippen LogP contribution in [0.5, 0.6) is 5.75 Å². The number of carbonyl (C=O) groups excluding carboxylic acids is 2. The van der Waals surface area contributed by atoms with Gasteiger partial charge in [-0.25, -0.2) is 0 Å². The van der Waals surface area contributed by atoms with Gasteiger partial charge in [-0.05, 0) is 77.5 Å². The summed E-state index contributed by atoms with van der Waals surface area (Å²) < 4.78 is 6.61. The molecule has 0 unspecified atom stereocenters. The third-order valence-corrected chi connectivity index (χ3v) is 6.28. The number of benzene rings is 2. The Morgan fingerprint density at radius 1 is 1.09 bits per heavy atom. The number of nitrogens with zero attached hydrogens (tertiary/aromatic N) is 1. The molecular weight excluding hydrogens is 492 g/mol. The van der Waals surface area contributed by atoms with Gasteiger partial charge in [-0.3, -0.25) is 9.59 Å². The summed E-state index contributed by atoms with van der Waals surface area (Å²) in [6.45, 7) is 10.0. The van der Waals surface area contributed by atoms with E-state index in [1.54, 1.807) is 19.1 Å². The SMILES string of the molecule is CC[C@H](C)NC(=O)[C@@H](C)N(Cc1ccc(Cl)cc1)C(=O)COc1ccc(C(C)C)cc1Br. The summed E-state index contributed by atoms with van der Waals surface area (Å²) in [7, 11) is 0. The molecule has 7 heteroatoms. The molecule has 32 heavy (non-hydrogen) atoms. The number of nitrogens with one attached hydrogen (secondary N) is 1. The van der Waals surface area contributed by atoms with Crippen molar-refractivity contribution in [1.82, 2.24) is 10.2 Å². The molecule has 0 aliphatic carbocycles. The maximum atomic E-state index is 13.2. The van der Waals surface area contributed by atoms with Crippen molar-refractivity contribution >= 4 is 39.3 Å². The summed E-state index contributed by atoms with van der Waals surface area (Å²) in [5, 5.41) is 3.57. The lowest BCUT2D eigenvalue weighted by atomic mass is 10.0. The zero-order valence-electron chi connectivity index (χ0n) is 19.3. The standard InChI is InChI=1S/C25H32BrClN2O3/c1-6-17(4)28-25(31)18(5)29(14-19-7-10-21(27)11-8-19)24(30)15-32-23-12-9-20(16(2)3)13-22(23)26/h7-13,16-18H,6,14-15H2,1-5H3,(H,28,31)/t17-,18+/m0/s1. The van der Waals surface area contributed by atoms with Crippen LogP contribution in [-0.2, 0) is 16.1 Å². The lowest BCUT2D eigenvalue weighted by Gasteiger charge is -2.29. The van der Waals surface area contributed by atoms with E-state index in [1.165, 1.54) is 10.5 Å². The van der Waals surface area contributed by atoms with Crippen molar-refractivity contribution in [2.24, 2.45) is 0 Å². The number of hydrogen-bond acceptors (Lipinski definition) is 3. The van der Waals surface area contributed by atoms with Crippen molar-refractivity contribution in [1.29, 1.82) is 0 Å². The molecule has 0 spiro atoms. The lowest BCUT2D eigenvalue weighted by molar-refractivity contribution is -0.142. The number of amides is 2. The molecule has 0 bridgehead atoms. The molecule has 0 aliphatic rings. The third kappa shape index (κ3) is 7.52. The second-order valence-corrected chi connectivity index (χ2v) is 9.57. The summed E-state index contributed by atoms with van der Waals surface area (Å²) in [5.41, 5.74) is 2.06. The third-order valence-electron chi connectivity index (χ3n) is 5.41. The fourth-order valence-corrected chi connectivity index (χ4v) is 3.69. The first-order chi connectivity index (χ1) is 15.1. The molecule has 2 amide bonds. The molecule has 5 nitrogen and oxygen atoms in total. The number of carbonyl (C=O) groups is 2. The van der Waals surface area contributed by atoms with Crippen molar-refractivity contribution in [3.8, 4) is 5.75 Å². The average molecular weight is 524 g/mol. The lowest BCUT2D eigenvalue weighted by Crippen LogP contribution is -2.50. The van der Waals surface area contributed by atoms with Gasteiger partial charge in [0.1, 0.15) is 11.8 Å². The Labute approximate surface area is 204 Å². The van der Waals surface area contributed by atoms with E-state index in [1.807, 2.05) is 44.2 Å². The van der Waals surface area contributed by atoms with Crippen molar-refractivity contribution in [2.45, 2.75) is 65.6 Å². The molecule has 0 heterocycles. The van der Waals surface area contributed by atoms with Crippen LogP contribution in [0.4, 0.5) is 0 Å². The zero-order chi connectivity index (χ0) is 23.8. The highest BCUT2D eigenvalue weighted by atomic mass is 79.9. The van der Waals surface area contributed by atoms with Crippen LogP contribution in [0.1, 0.15) is 58.1 Å². The molecule has 1 N–H and O–H groups in total. The number of halogens is 2. The fourth-order valence-electron chi connectivity index (χ4n) is 3.05. The molecule has 2 atom stereocenters. The van der Waals surface area contributed by atoms with E-state index in [2.05, 4.69) is 35.1 Å². The van der Waals surface area contributed by atoms with Crippen molar-refractivity contribution in [3.05, 3.63) is 63.1 Å². The molecule has 174 valence electrons. The van der Waals surface area contributed by atoms with Crippen molar-refractivity contribution in [2.75, 3.05) is 6.61 Å². The summed E-state index contributed by atoms with van der Waals surface area (Å²) in [6.07, 6.45) is 0.813. The minimum atomic E-state index is -0.650. The minimum absolute atomic E-state index is 0.0316. The first-order valence-electron chi connectivity index (χ1n) is 10.9. The predicted molar refractivity (Wildman–Crippen MR) is 133 cm³/mol. The van der Waals surface area contributed by atoms with Crippen LogP contribution in [0.2, 0.25) is 5.02 Å². The van der Waals surface area contributed by atoms with E-state index in [0.717, 1.165) is 16.5 Å². The summed E-state index contributed by atoms with van der Waals surface area (Å²) in [5.74, 6) is 0.517. The Kier molecular flexibility index (Phi) is 10.0. The normalized spacial score (nSPS) is 12.9. The van der Waals surface area contributed by atoms with E-state index < -0.39 is 6.04 Å². The predicted octanol–water partition coefficient (Wildman–Crippen LogP) is 5.94. The number of ether oxygens (including phenoxy) is 1. The Morgan fingerprint density at radius 2 is 1.75 bits per heavy atom. The first kappa shape index (κ1) is 26.2. The zero-order valence-corrected chi connectivity index (χ0v) is 21.7. The Hall–Kier alpha value is -2.05. The Morgan fingerprint density at radius 3 is 2.31 bits per heavy atom. The first-order valence-corrected chi connectivity index (χ1v) is 12.1. The van der Waals surface area contributed by atoms with Gasteiger partial charge in [0, 0.05) is 17.6 Å². The highest BCUT2D eigenvalue weighted by Crippen LogP contribution is 2.29. The molecule has 0 saturated carbocycles. The van der Waals surface area contributed by atoms with Crippen LogP contribution >= 0.6 is 27.5 Å². The maximum Gasteiger partial charge on any atom is 0.261 e. The van der Waals surface area contributed by atoms with E-state index >= 15 is 0 Å². The average Bonchev–Trinajstić information content (AvgIpc) is 2.76. The molecule has 0 saturated heterocycles. The molecule has 0 radical (unpaired) electrons. The van der Waals surface area contributed by atoms with Gasteiger partial charge in [-0.15, -0.1) is 0 Å². The highest BCUT2D eigenvalue weighted by Gasteiger charge is 2.27. The van der Waals surface area contributed by atoms with E-state index in [0.29, 0.717) is 16.7 Å². The quantitative estimate of drug-likeness (QED) is 0.419.